The third-order valence-corrected chi connectivity index (χ3v) is 3.51. The molecule has 130 valence electrons. The average Bonchev–Trinajstić information content (AvgIpc) is 2.57. The Balaban J connectivity index is 2.32. The molecule has 2 aromatic carbocycles. The highest BCUT2D eigenvalue weighted by molar-refractivity contribution is 6.34. The van der Waals surface area contributed by atoms with Crippen LogP contribution in [0.4, 0.5) is 11.4 Å². The van der Waals surface area contributed by atoms with Crippen LogP contribution in [-0.4, -0.2) is 28.5 Å². The molecule has 0 aromatic heterocycles. The van der Waals surface area contributed by atoms with Crippen molar-refractivity contribution in [3.63, 3.8) is 0 Å². The Morgan fingerprint density at radius 3 is 2.52 bits per heavy atom. The van der Waals surface area contributed by atoms with Gasteiger partial charge in [-0.05, 0) is 37.3 Å². The number of carboxylic acids is 1. The summed E-state index contributed by atoms with van der Waals surface area (Å²) in [5.74, 6) is -1.80. The van der Waals surface area contributed by atoms with Gasteiger partial charge in [0.2, 0.25) is 0 Å². The SMILES string of the molecule is CCOc1ccc(C(=O)Nc2cc(C(=O)O)ccc2Cl)cc1[N+](=O)[O-]. The summed E-state index contributed by atoms with van der Waals surface area (Å²) in [5, 5.41) is 22.7. The average molecular weight is 365 g/mol. The van der Waals surface area contributed by atoms with Crippen LogP contribution in [0.2, 0.25) is 5.02 Å². The van der Waals surface area contributed by atoms with Crippen molar-refractivity contribution >= 4 is 34.9 Å². The number of ether oxygens (including phenoxy) is 1. The van der Waals surface area contributed by atoms with Gasteiger partial charge in [-0.3, -0.25) is 14.9 Å². The second-order valence-electron chi connectivity index (χ2n) is 4.83. The molecule has 0 spiro atoms. The lowest BCUT2D eigenvalue weighted by molar-refractivity contribution is -0.385. The van der Waals surface area contributed by atoms with Gasteiger partial charge in [0.25, 0.3) is 5.91 Å². The summed E-state index contributed by atoms with van der Waals surface area (Å²) in [6.45, 7) is 1.92. The van der Waals surface area contributed by atoms with E-state index in [-0.39, 0.29) is 39.9 Å². The number of nitro groups is 1. The third-order valence-electron chi connectivity index (χ3n) is 3.18. The van der Waals surface area contributed by atoms with Gasteiger partial charge in [-0.15, -0.1) is 0 Å². The van der Waals surface area contributed by atoms with Gasteiger partial charge in [0, 0.05) is 11.6 Å². The van der Waals surface area contributed by atoms with E-state index >= 15 is 0 Å². The number of nitrogens with zero attached hydrogens (tertiary/aromatic N) is 1. The zero-order valence-electron chi connectivity index (χ0n) is 13.0. The topological polar surface area (TPSA) is 119 Å². The standard InChI is InChI=1S/C16H13ClN2O6/c1-2-25-14-6-4-9(8-13(14)19(23)24)15(20)18-12-7-10(16(21)22)3-5-11(12)17/h3-8H,2H2,1H3,(H,18,20)(H,21,22). The van der Waals surface area contributed by atoms with Crippen LogP contribution >= 0.6 is 11.6 Å². The van der Waals surface area contributed by atoms with Crippen molar-refractivity contribution in [3.05, 3.63) is 62.7 Å². The first-order valence-corrected chi connectivity index (χ1v) is 7.46. The van der Waals surface area contributed by atoms with E-state index in [0.29, 0.717) is 0 Å². The highest BCUT2D eigenvalue weighted by Gasteiger charge is 2.19. The lowest BCUT2D eigenvalue weighted by atomic mass is 10.1. The molecule has 0 bridgehead atoms. The van der Waals surface area contributed by atoms with Gasteiger partial charge in [-0.1, -0.05) is 11.6 Å². The van der Waals surface area contributed by atoms with Crippen molar-refractivity contribution in [3.8, 4) is 5.75 Å². The Morgan fingerprint density at radius 2 is 1.92 bits per heavy atom. The minimum Gasteiger partial charge on any atom is -0.487 e. The van der Waals surface area contributed by atoms with Crippen LogP contribution in [-0.2, 0) is 0 Å². The lowest BCUT2D eigenvalue weighted by Crippen LogP contribution is -2.13. The number of carboxylic acid groups (broad SMARTS) is 1. The normalized spacial score (nSPS) is 10.2. The van der Waals surface area contributed by atoms with Crippen LogP contribution < -0.4 is 10.1 Å². The number of hydrogen-bond donors (Lipinski definition) is 2. The van der Waals surface area contributed by atoms with Crippen LogP contribution in [0.5, 0.6) is 5.75 Å². The first-order valence-electron chi connectivity index (χ1n) is 7.09. The van der Waals surface area contributed by atoms with E-state index in [2.05, 4.69) is 5.32 Å². The maximum atomic E-state index is 12.3. The van der Waals surface area contributed by atoms with Crippen molar-refractivity contribution < 1.29 is 24.4 Å². The molecular formula is C16H13ClN2O6. The van der Waals surface area contributed by atoms with Gasteiger partial charge in [-0.2, -0.15) is 0 Å². The summed E-state index contributed by atoms with van der Waals surface area (Å²) in [5.41, 5.74) is -0.313. The summed E-state index contributed by atoms with van der Waals surface area (Å²) >= 11 is 5.94. The number of carbonyl (C=O) groups is 2. The molecule has 0 radical (unpaired) electrons. The van der Waals surface area contributed by atoms with Crippen molar-refractivity contribution in [2.75, 3.05) is 11.9 Å². The molecule has 0 aliphatic heterocycles. The fraction of sp³-hybridized carbons (Fsp3) is 0.125. The second kappa shape index (κ2) is 7.63. The van der Waals surface area contributed by atoms with E-state index in [1.165, 1.54) is 30.3 Å². The van der Waals surface area contributed by atoms with Crippen molar-refractivity contribution in [2.45, 2.75) is 6.92 Å². The zero-order valence-corrected chi connectivity index (χ0v) is 13.7. The maximum Gasteiger partial charge on any atom is 0.335 e. The summed E-state index contributed by atoms with van der Waals surface area (Å²) < 4.78 is 5.15. The van der Waals surface area contributed by atoms with E-state index in [9.17, 15) is 19.7 Å². The maximum absolute atomic E-state index is 12.3. The Kier molecular flexibility index (Phi) is 5.56. The van der Waals surface area contributed by atoms with Gasteiger partial charge in [0.05, 0.1) is 27.8 Å². The molecule has 1 amide bonds. The molecule has 0 heterocycles. The molecule has 0 fully saturated rings. The number of hydrogen-bond acceptors (Lipinski definition) is 5. The number of anilines is 1. The molecule has 0 atom stereocenters. The van der Waals surface area contributed by atoms with Crippen LogP contribution in [0.1, 0.15) is 27.6 Å². The van der Waals surface area contributed by atoms with Crippen LogP contribution in [0, 0.1) is 10.1 Å². The molecule has 2 N–H and O–H groups in total. The Hall–Kier alpha value is -3.13. The molecule has 2 rings (SSSR count). The largest absolute Gasteiger partial charge is 0.487 e. The first-order chi connectivity index (χ1) is 11.8. The Bertz CT molecular complexity index is 853. The van der Waals surface area contributed by atoms with Crippen LogP contribution in [0.15, 0.2) is 36.4 Å². The summed E-state index contributed by atoms with van der Waals surface area (Å²) in [6, 6.07) is 7.60. The summed E-state index contributed by atoms with van der Waals surface area (Å²) in [7, 11) is 0. The Morgan fingerprint density at radius 1 is 1.24 bits per heavy atom. The van der Waals surface area contributed by atoms with E-state index in [0.717, 1.165) is 6.07 Å². The number of rotatable bonds is 6. The smallest absolute Gasteiger partial charge is 0.335 e. The molecule has 25 heavy (non-hydrogen) atoms. The van der Waals surface area contributed by atoms with Gasteiger partial charge in [-0.25, -0.2) is 4.79 Å². The van der Waals surface area contributed by atoms with E-state index in [1.54, 1.807) is 6.92 Å². The predicted molar refractivity (Wildman–Crippen MR) is 90.6 cm³/mol. The molecule has 0 aliphatic carbocycles. The number of benzene rings is 2. The minimum absolute atomic E-state index is 0.00643. The molecular weight excluding hydrogens is 352 g/mol. The minimum atomic E-state index is -1.18. The van der Waals surface area contributed by atoms with Crippen LogP contribution in [0.3, 0.4) is 0 Å². The van der Waals surface area contributed by atoms with Crippen molar-refractivity contribution in [2.24, 2.45) is 0 Å². The summed E-state index contributed by atoms with van der Waals surface area (Å²) in [4.78, 5) is 33.8. The first kappa shape index (κ1) is 18.2. The number of carbonyl (C=O) groups excluding carboxylic acids is 1. The molecule has 0 unspecified atom stereocenters. The molecule has 2 aromatic rings. The monoisotopic (exact) mass is 364 g/mol. The molecule has 0 aliphatic rings. The second-order valence-corrected chi connectivity index (χ2v) is 5.23. The molecule has 8 nitrogen and oxygen atoms in total. The summed E-state index contributed by atoms with van der Waals surface area (Å²) in [6.07, 6.45) is 0. The molecule has 0 saturated heterocycles. The highest BCUT2D eigenvalue weighted by Crippen LogP contribution is 2.29. The number of halogens is 1. The van der Waals surface area contributed by atoms with Gasteiger partial charge in [0.1, 0.15) is 0 Å². The molecule has 9 heteroatoms. The predicted octanol–water partition coefficient (Wildman–Crippen LogP) is 3.60. The van der Waals surface area contributed by atoms with Crippen molar-refractivity contribution in [1.82, 2.24) is 0 Å². The third kappa shape index (κ3) is 4.24. The van der Waals surface area contributed by atoms with E-state index in [1.807, 2.05) is 0 Å². The number of aromatic carboxylic acids is 1. The zero-order chi connectivity index (χ0) is 18.6. The molecule has 0 saturated carbocycles. The van der Waals surface area contributed by atoms with E-state index < -0.39 is 16.8 Å². The lowest BCUT2D eigenvalue weighted by Gasteiger charge is -2.09. The van der Waals surface area contributed by atoms with Crippen molar-refractivity contribution in [1.29, 1.82) is 0 Å². The highest BCUT2D eigenvalue weighted by atomic mass is 35.5. The number of nitrogens with one attached hydrogen (secondary N) is 1. The van der Waals surface area contributed by atoms with Gasteiger partial charge in [0.15, 0.2) is 5.75 Å². The fourth-order valence-corrected chi connectivity index (χ4v) is 2.19. The van der Waals surface area contributed by atoms with Crippen LogP contribution in [0.25, 0.3) is 0 Å². The van der Waals surface area contributed by atoms with Gasteiger partial charge < -0.3 is 15.2 Å². The van der Waals surface area contributed by atoms with E-state index in [4.69, 9.17) is 21.4 Å². The number of nitro benzene ring substituents is 1. The van der Waals surface area contributed by atoms with Gasteiger partial charge >= 0.3 is 11.7 Å². The fourth-order valence-electron chi connectivity index (χ4n) is 2.03. The quantitative estimate of drug-likeness (QED) is 0.597. The number of amides is 1. The Labute approximate surface area is 147 Å².